The van der Waals surface area contributed by atoms with E-state index < -0.39 is 41.7 Å². The molecule has 0 atom stereocenters. The smallest absolute Gasteiger partial charge is 0.253 e. The molecule has 0 aliphatic heterocycles. The van der Waals surface area contributed by atoms with Crippen molar-refractivity contribution < 1.29 is 27.1 Å². The molecule has 1 aromatic rings. The zero-order valence-electron chi connectivity index (χ0n) is 10.8. The lowest BCUT2D eigenvalue weighted by atomic mass is 10.3. The molecule has 0 fully saturated rings. The molecule has 5 nitrogen and oxygen atoms in total. The molecule has 1 amide bonds. The Morgan fingerprint density at radius 3 is 2.30 bits per heavy atom. The van der Waals surface area contributed by atoms with Gasteiger partial charge in [0.2, 0.25) is 17.5 Å². The zero-order valence-corrected chi connectivity index (χ0v) is 10.8. The zero-order chi connectivity index (χ0) is 15.3. The fraction of sp³-hybridized carbons (Fsp3) is 0.455. The minimum atomic E-state index is -1.77. The van der Waals surface area contributed by atoms with Gasteiger partial charge in [0.25, 0.3) is 11.9 Å². The van der Waals surface area contributed by atoms with Crippen LogP contribution in [0.5, 0.6) is 0 Å². The first kappa shape index (κ1) is 16.2. The fourth-order valence-corrected chi connectivity index (χ4v) is 1.45. The molecule has 0 saturated heterocycles. The molecule has 0 spiro atoms. The van der Waals surface area contributed by atoms with E-state index in [-0.39, 0.29) is 13.2 Å². The van der Waals surface area contributed by atoms with Crippen LogP contribution in [0.25, 0.3) is 0 Å². The number of likely N-dealkylation sites (N-methyl/N-ethyl adjacent to an activating group) is 1. The molecule has 1 rings (SSSR count). The quantitative estimate of drug-likeness (QED) is 0.480. The summed E-state index contributed by atoms with van der Waals surface area (Å²) in [5, 5.41) is 2.40. The average Bonchev–Trinajstić information content (AvgIpc) is 2.37. The van der Waals surface area contributed by atoms with Crippen LogP contribution >= 0.6 is 0 Å². The molecular formula is C11H13F4N3O2. The van der Waals surface area contributed by atoms with Crippen LogP contribution in [0.3, 0.4) is 0 Å². The predicted octanol–water partition coefficient (Wildman–Crippen LogP) is 0.837. The maximum Gasteiger partial charge on any atom is 0.253 e. The molecule has 0 aromatic carbocycles. The summed E-state index contributed by atoms with van der Waals surface area (Å²) < 4.78 is 57.4. The fourth-order valence-electron chi connectivity index (χ4n) is 1.45. The standard InChI is InChI=1S/C11H13F4N3O2/c1-18(5-6(19)16-3-4-20-2)9-7(12)10(14)17-11(15)8(9)13/h3-5H2,1-2H3,(H,16,19). The monoisotopic (exact) mass is 295 g/mol. The number of nitrogens with zero attached hydrogens (tertiary/aromatic N) is 2. The summed E-state index contributed by atoms with van der Waals surface area (Å²) in [4.78, 5) is 14.6. The number of aromatic nitrogens is 1. The van der Waals surface area contributed by atoms with Crippen molar-refractivity contribution in [2.75, 3.05) is 38.8 Å². The Balaban J connectivity index is 2.82. The van der Waals surface area contributed by atoms with Crippen molar-refractivity contribution in [1.29, 1.82) is 0 Å². The molecular weight excluding hydrogens is 282 g/mol. The van der Waals surface area contributed by atoms with Crippen molar-refractivity contribution in [2.45, 2.75) is 0 Å². The van der Waals surface area contributed by atoms with E-state index in [4.69, 9.17) is 4.74 Å². The van der Waals surface area contributed by atoms with Crippen LogP contribution in [-0.4, -0.2) is 44.7 Å². The molecule has 1 aromatic heterocycles. The number of amides is 1. The van der Waals surface area contributed by atoms with Crippen LogP contribution in [0.1, 0.15) is 0 Å². The van der Waals surface area contributed by atoms with Crippen molar-refractivity contribution >= 4 is 11.6 Å². The van der Waals surface area contributed by atoms with Crippen LogP contribution in [0.15, 0.2) is 0 Å². The molecule has 0 aliphatic rings. The van der Waals surface area contributed by atoms with Gasteiger partial charge in [-0.15, -0.1) is 0 Å². The molecule has 0 radical (unpaired) electrons. The number of rotatable bonds is 6. The van der Waals surface area contributed by atoms with Crippen molar-refractivity contribution in [3.05, 3.63) is 23.5 Å². The van der Waals surface area contributed by atoms with Crippen LogP contribution in [0.2, 0.25) is 0 Å². The third-order valence-electron chi connectivity index (χ3n) is 2.37. The number of pyridine rings is 1. The first-order chi connectivity index (χ1) is 9.38. The highest BCUT2D eigenvalue weighted by Crippen LogP contribution is 2.24. The Hall–Kier alpha value is -1.90. The number of anilines is 1. The van der Waals surface area contributed by atoms with Crippen LogP contribution in [0, 0.1) is 23.5 Å². The minimum Gasteiger partial charge on any atom is -0.383 e. The molecule has 112 valence electrons. The number of ether oxygens (including phenoxy) is 1. The van der Waals surface area contributed by atoms with E-state index >= 15 is 0 Å². The second-order valence-electron chi connectivity index (χ2n) is 3.87. The van der Waals surface area contributed by atoms with Crippen molar-refractivity contribution in [2.24, 2.45) is 0 Å². The second kappa shape index (κ2) is 7.04. The van der Waals surface area contributed by atoms with Crippen molar-refractivity contribution in [3.8, 4) is 0 Å². The third-order valence-corrected chi connectivity index (χ3v) is 2.37. The van der Waals surface area contributed by atoms with Crippen LogP contribution in [0.4, 0.5) is 23.2 Å². The Bertz CT molecular complexity index is 473. The summed E-state index contributed by atoms with van der Waals surface area (Å²) in [7, 11) is 2.56. The van der Waals surface area contributed by atoms with Crippen LogP contribution < -0.4 is 10.2 Å². The average molecular weight is 295 g/mol. The lowest BCUT2D eigenvalue weighted by Gasteiger charge is -2.20. The third kappa shape index (κ3) is 3.80. The maximum atomic E-state index is 13.4. The lowest BCUT2D eigenvalue weighted by Crippen LogP contribution is -2.37. The number of halogens is 4. The topological polar surface area (TPSA) is 54.5 Å². The van der Waals surface area contributed by atoms with Gasteiger partial charge in [-0.25, -0.2) is 0 Å². The Kier molecular flexibility index (Phi) is 5.68. The van der Waals surface area contributed by atoms with E-state index in [1.165, 1.54) is 7.11 Å². The molecule has 0 unspecified atom stereocenters. The molecule has 0 saturated carbocycles. The summed E-state index contributed by atoms with van der Waals surface area (Å²) in [5.41, 5.74) is -0.989. The number of methoxy groups -OCH3 is 1. The number of carbonyl (C=O) groups is 1. The van der Waals surface area contributed by atoms with Crippen molar-refractivity contribution in [1.82, 2.24) is 10.3 Å². The number of nitrogens with one attached hydrogen (secondary N) is 1. The first-order valence-corrected chi connectivity index (χ1v) is 5.55. The van der Waals surface area contributed by atoms with Gasteiger partial charge in [-0.2, -0.15) is 22.5 Å². The van der Waals surface area contributed by atoms with E-state index in [0.29, 0.717) is 0 Å². The van der Waals surface area contributed by atoms with Gasteiger partial charge >= 0.3 is 0 Å². The number of carbonyl (C=O) groups excluding carboxylic acids is 1. The Labute approximate surface area is 112 Å². The molecule has 9 heteroatoms. The summed E-state index contributed by atoms with van der Waals surface area (Å²) in [6, 6.07) is 0. The summed E-state index contributed by atoms with van der Waals surface area (Å²) in [5.74, 6) is -7.44. The van der Waals surface area contributed by atoms with E-state index in [0.717, 1.165) is 11.9 Å². The maximum absolute atomic E-state index is 13.4. The molecule has 0 aliphatic carbocycles. The van der Waals surface area contributed by atoms with Gasteiger partial charge in [0.05, 0.1) is 13.2 Å². The van der Waals surface area contributed by atoms with E-state index in [1.54, 1.807) is 0 Å². The second-order valence-corrected chi connectivity index (χ2v) is 3.87. The van der Waals surface area contributed by atoms with E-state index in [1.807, 2.05) is 0 Å². The van der Waals surface area contributed by atoms with Gasteiger partial charge < -0.3 is 15.0 Å². The van der Waals surface area contributed by atoms with Crippen molar-refractivity contribution in [3.63, 3.8) is 0 Å². The molecule has 1 heterocycles. The normalized spacial score (nSPS) is 10.5. The highest BCUT2D eigenvalue weighted by atomic mass is 19.2. The number of hydrogen-bond donors (Lipinski definition) is 1. The summed E-state index contributed by atoms with van der Waals surface area (Å²) in [6.45, 7) is -0.0235. The molecule has 0 bridgehead atoms. The SMILES string of the molecule is COCCNC(=O)CN(C)c1c(F)c(F)nc(F)c1F. The van der Waals surface area contributed by atoms with Gasteiger partial charge in [-0.1, -0.05) is 0 Å². The molecule has 1 N–H and O–H groups in total. The van der Waals surface area contributed by atoms with Gasteiger partial charge in [0.1, 0.15) is 5.69 Å². The van der Waals surface area contributed by atoms with Gasteiger partial charge in [0, 0.05) is 20.7 Å². The highest BCUT2D eigenvalue weighted by molar-refractivity contribution is 5.81. The van der Waals surface area contributed by atoms with Gasteiger partial charge in [-0.05, 0) is 0 Å². The largest absolute Gasteiger partial charge is 0.383 e. The van der Waals surface area contributed by atoms with Crippen LogP contribution in [-0.2, 0) is 9.53 Å². The predicted molar refractivity (Wildman–Crippen MR) is 62.2 cm³/mol. The summed E-state index contributed by atoms with van der Waals surface area (Å²) >= 11 is 0. The highest BCUT2D eigenvalue weighted by Gasteiger charge is 2.24. The lowest BCUT2D eigenvalue weighted by molar-refractivity contribution is -0.119. The summed E-state index contributed by atoms with van der Waals surface area (Å²) in [6.07, 6.45) is 0. The Morgan fingerprint density at radius 1 is 1.25 bits per heavy atom. The van der Waals surface area contributed by atoms with E-state index in [9.17, 15) is 22.4 Å². The van der Waals surface area contributed by atoms with Gasteiger partial charge in [0.15, 0.2) is 0 Å². The Morgan fingerprint density at radius 2 is 1.80 bits per heavy atom. The molecule has 20 heavy (non-hydrogen) atoms. The number of hydrogen-bond acceptors (Lipinski definition) is 4. The van der Waals surface area contributed by atoms with E-state index in [2.05, 4.69) is 10.3 Å². The first-order valence-electron chi connectivity index (χ1n) is 5.55. The minimum absolute atomic E-state index is 0.202. The van der Waals surface area contributed by atoms with Gasteiger partial charge in [-0.3, -0.25) is 4.79 Å².